The number of aliphatic hydroxyl groups excluding tert-OH is 3. The molecule has 0 amide bonds. The Labute approximate surface area is 115 Å². The van der Waals surface area contributed by atoms with Crippen LogP contribution >= 0.6 is 0 Å². The highest BCUT2D eigenvalue weighted by Gasteiger charge is 2.18. The van der Waals surface area contributed by atoms with Crippen molar-refractivity contribution in [3.63, 3.8) is 0 Å². The first-order valence-corrected chi connectivity index (χ1v) is 6.44. The normalized spacial score (nSPS) is 12.2. The van der Waals surface area contributed by atoms with E-state index in [1.165, 1.54) is 25.3 Å². The number of benzene rings is 1. The minimum atomic E-state index is -1.25. The molecule has 0 aromatic heterocycles. The van der Waals surface area contributed by atoms with Gasteiger partial charge in [-0.3, -0.25) is 0 Å². The summed E-state index contributed by atoms with van der Waals surface area (Å²) in [6, 6.07) is 4.20. The molecule has 5 nitrogen and oxygen atoms in total. The lowest BCUT2D eigenvalue weighted by atomic mass is 10.0. The second-order valence-corrected chi connectivity index (χ2v) is 3.13. The van der Waals surface area contributed by atoms with Crippen molar-refractivity contribution in [3.05, 3.63) is 23.8 Å². The van der Waals surface area contributed by atoms with Crippen molar-refractivity contribution in [1.82, 2.24) is 0 Å². The molecule has 2 unspecified atom stereocenters. The highest BCUT2D eigenvalue weighted by Crippen LogP contribution is 2.29. The van der Waals surface area contributed by atoms with Gasteiger partial charge in [0.25, 0.3) is 0 Å². The van der Waals surface area contributed by atoms with Gasteiger partial charge < -0.3 is 25.2 Å². The zero-order valence-electron chi connectivity index (χ0n) is 12.3. The first-order chi connectivity index (χ1) is 9.10. The fourth-order valence-corrected chi connectivity index (χ4v) is 1.20. The van der Waals surface area contributed by atoms with E-state index in [-0.39, 0.29) is 11.5 Å². The highest BCUT2D eigenvalue weighted by molar-refractivity contribution is 5.42. The van der Waals surface area contributed by atoms with Crippen molar-refractivity contribution in [1.29, 1.82) is 0 Å². The minimum Gasteiger partial charge on any atom is -0.504 e. The average Bonchev–Trinajstić information content (AvgIpc) is 2.50. The molecule has 1 rings (SSSR count). The number of phenolic OH excluding ortho intramolecular Hbond substituents is 1. The van der Waals surface area contributed by atoms with E-state index in [0.29, 0.717) is 5.56 Å². The van der Waals surface area contributed by atoms with Crippen molar-refractivity contribution in [2.75, 3.05) is 13.7 Å². The van der Waals surface area contributed by atoms with Crippen LogP contribution in [0.4, 0.5) is 0 Å². The maximum absolute atomic E-state index is 9.55. The van der Waals surface area contributed by atoms with Crippen LogP contribution in [-0.4, -0.2) is 40.2 Å². The number of hydrogen-bond donors (Lipinski definition) is 4. The van der Waals surface area contributed by atoms with E-state index < -0.39 is 18.8 Å². The topological polar surface area (TPSA) is 90.2 Å². The fourth-order valence-electron chi connectivity index (χ4n) is 1.20. The molecule has 0 saturated carbocycles. The predicted octanol–water partition coefficient (Wildman–Crippen LogP) is 1.84. The molecule has 0 spiro atoms. The first kappa shape index (κ1) is 20.0. The Morgan fingerprint density at radius 3 is 2.05 bits per heavy atom. The van der Waals surface area contributed by atoms with Crippen LogP contribution < -0.4 is 4.74 Å². The lowest BCUT2D eigenvalue weighted by Crippen LogP contribution is -2.21. The summed E-state index contributed by atoms with van der Waals surface area (Å²) in [5, 5.41) is 36.7. The molecule has 1 aromatic carbocycles. The van der Waals surface area contributed by atoms with Gasteiger partial charge in [0.1, 0.15) is 12.2 Å². The Bertz CT molecular complexity index is 328. The van der Waals surface area contributed by atoms with E-state index in [1.54, 1.807) is 0 Å². The summed E-state index contributed by atoms with van der Waals surface area (Å²) >= 11 is 0. The summed E-state index contributed by atoms with van der Waals surface area (Å²) in [7, 11) is 1.38. The number of hydrogen-bond acceptors (Lipinski definition) is 5. The Morgan fingerprint density at radius 1 is 1.11 bits per heavy atom. The van der Waals surface area contributed by atoms with Crippen molar-refractivity contribution >= 4 is 0 Å². The van der Waals surface area contributed by atoms with Crippen LogP contribution in [0.5, 0.6) is 11.5 Å². The number of aliphatic hydroxyl groups is 3. The number of rotatable bonds is 4. The number of ether oxygens (including phenoxy) is 1. The predicted molar refractivity (Wildman–Crippen MR) is 75.4 cm³/mol. The molecular formula is C14H26O5. The molecule has 0 aliphatic carbocycles. The van der Waals surface area contributed by atoms with Gasteiger partial charge in [-0.15, -0.1) is 0 Å². The van der Waals surface area contributed by atoms with Gasteiger partial charge in [-0.2, -0.15) is 0 Å². The van der Waals surface area contributed by atoms with Crippen LogP contribution in [0.3, 0.4) is 0 Å². The number of aromatic hydroxyl groups is 1. The van der Waals surface area contributed by atoms with Gasteiger partial charge in [0, 0.05) is 0 Å². The maximum Gasteiger partial charge on any atom is 0.160 e. The van der Waals surface area contributed by atoms with E-state index in [1.807, 2.05) is 27.7 Å². The van der Waals surface area contributed by atoms with E-state index in [9.17, 15) is 15.3 Å². The van der Waals surface area contributed by atoms with E-state index in [2.05, 4.69) is 0 Å². The van der Waals surface area contributed by atoms with Crippen LogP contribution in [0.1, 0.15) is 39.4 Å². The van der Waals surface area contributed by atoms with Crippen LogP contribution in [0.25, 0.3) is 0 Å². The lowest BCUT2D eigenvalue weighted by Gasteiger charge is -2.16. The summed E-state index contributed by atoms with van der Waals surface area (Å²) in [6.45, 7) is 7.46. The van der Waals surface area contributed by atoms with Crippen LogP contribution in [-0.2, 0) is 0 Å². The molecule has 0 radical (unpaired) electrons. The van der Waals surface area contributed by atoms with Gasteiger partial charge >= 0.3 is 0 Å². The molecule has 2 atom stereocenters. The Morgan fingerprint density at radius 2 is 1.63 bits per heavy atom. The molecule has 1 aromatic rings. The summed E-state index contributed by atoms with van der Waals surface area (Å²) < 4.78 is 4.84. The standard InChI is InChI=1S/C10H14O5.2C2H6/c1-15-9-4-6(2-3-7(9)12)10(14)8(13)5-11;2*1-2/h2-4,8,10-14H,5H2,1H3;2*1-2H3. The number of methoxy groups -OCH3 is 1. The Balaban J connectivity index is 0. The molecule has 5 heteroatoms. The van der Waals surface area contributed by atoms with Gasteiger partial charge in [0.05, 0.1) is 13.7 Å². The van der Waals surface area contributed by atoms with Gasteiger partial charge in [0.2, 0.25) is 0 Å². The Kier molecular flexibility index (Phi) is 12.4. The van der Waals surface area contributed by atoms with Gasteiger partial charge in [-0.05, 0) is 17.7 Å². The molecule has 0 aliphatic rings. The molecule has 19 heavy (non-hydrogen) atoms. The second kappa shape index (κ2) is 11.8. The van der Waals surface area contributed by atoms with Crippen molar-refractivity contribution in [2.24, 2.45) is 0 Å². The minimum absolute atomic E-state index is 0.0491. The van der Waals surface area contributed by atoms with Crippen molar-refractivity contribution < 1.29 is 25.2 Å². The molecule has 112 valence electrons. The summed E-state index contributed by atoms with van der Waals surface area (Å²) in [6.07, 6.45) is -2.45. The molecule has 0 aliphatic heterocycles. The monoisotopic (exact) mass is 274 g/mol. The van der Waals surface area contributed by atoms with Gasteiger partial charge in [-0.25, -0.2) is 0 Å². The van der Waals surface area contributed by atoms with Gasteiger partial charge in [0.15, 0.2) is 11.5 Å². The van der Waals surface area contributed by atoms with E-state index in [4.69, 9.17) is 9.84 Å². The fraction of sp³-hybridized carbons (Fsp3) is 0.571. The van der Waals surface area contributed by atoms with E-state index >= 15 is 0 Å². The molecule has 4 N–H and O–H groups in total. The zero-order valence-corrected chi connectivity index (χ0v) is 12.3. The molecule has 0 fully saturated rings. The van der Waals surface area contributed by atoms with Crippen LogP contribution in [0.15, 0.2) is 18.2 Å². The van der Waals surface area contributed by atoms with Gasteiger partial charge in [-0.1, -0.05) is 33.8 Å². The zero-order chi connectivity index (χ0) is 15.4. The second-order valence-electron chi connectivity index (χ2n) is 3.13. The summed E-state index contributed by atoms with van der Waals surface area (Å²) in [4.78, 5) is 0. The SMILES string of the molecule is CC.CC.COc1cc(C(O)C(O)CO)ccc1O. The quantitative estimate of drug-likeness (QED) is 0.672. The third kappa shape index (κ3) is 6.42. The summed E-state index contributed by atoms with van der Waals surface area (Å²) in [5.41, 5.74) is 0.367. The molecule has 0 bridgehead atoms. The largest absolute Gasteiger partial charge is 0.504 e. The number of phenols is 1. The molecule has 0 saturated heterocycles. The molecule has 0 heterocycles. The average molecular weight is 274 g/mol. The lowest BCUT2D eigenvalue weighted by molar-refractivity contribution is -0.0153. The van der Waals surface area contributed by atoms with Crippen LogP contribution in [0.2, 0.25) is 0 Å². The third-order valence-corrected chi connectivity index (χ3v) is 2.10. The van der Waals surface area contributed by atoms with Crippen molar-refractivity contribution in [3.8, 4) is 11.5 Å². The smallest absolute Gasteiger partial charge is 0.160 e. The van der Waals surface area contributed by atoms with Crippen LogP contribution in [0, 0.1) is 0 Å². The maximum atomic E-state index is 9.55. The summed E-state index contributed by atoms with van der Waals surface area (Å²) in [5.74, 6) is 0.156. The van der Waals surface area contributed by atoms with E-state index in [0.717, 1.165) is 0 Å². The first-order valence-electron chi connectivity index (χ1n) is 6.44. The molecular weight excluding hydrogens is 248 g/mol. The van der Waals surface area contributed by atoms with Crippen molar-refractivity contribution in [2.45, 2.75) is 39.9 Å². The Hall–Kier alpha value is -1.30. The third-order valence-electron chi connectivity index (χ3n) is 2.10. The highest BCUT2D eigenvalue weighted by atomic mass is 16.5.